The third kappa shape index (κ3) is 4.69. The summed E-state index contributed by atoms with van der Waals surface area (Å²) in [4.78, 5) is 43.4. The van der Waals surface area contributed by atoms with Crippen LogP contribution in [0.4, 0.5) is 10.7 Å². The number of nitrogens with one attached hydrogen (secondary N) is 2. The summed E-state index contributed by atoms with van der Waals surface area (Å²) in [5, 5.41) is 5.91. The van der Waals surface area contributed by atoms with Crippen LogP contribution in [-0.2, 0) is 16.1 Å². The zero-order chi connectivity index (χ0) is 24.2. The molecule has 0 aliphatic carbocycles. The summed E-state index contributed by atoms with van der Waals surface area (Å²) < 4.78 is 7.00. The molecule has 0 spiro atoms. The van der Waals surface area contributed by atoms with E-state index in [1.165, 1.54) is 0 Å². The maximum Gasteiger partial charge on any atom is 0.341 e. The van der Waals surface area contributed by atoms with Gasteiger partial charge in [-0.3, -0.25) is 9.59 Å². The first-order valence-electron chi connectivity index (χ1n) is 10.8. The molecule has 2 amide bonds. The number of hydrogen-bond acceptors (Lipinski definition) is 6. The standard InChI is InChI=1S/C25H24N4O4S/c1-4-33-25(32)21-15(2)22(23(31)27-17-10-6-5-7-11-17)34-24(21)28-20(30)14-29-16(3)26-18-12-8-9-13-19(18)29/h5-13H,4,14H2,1-3H3,(H,27,31)(H,28,30). The Kier molecular flexibility index (Phi) is 6.74. The van der Waals surface area contributed by atoms with E-state index in [2.05, 4.69) is 15.6 Å². The maximum atomic E-state index is 13.0. The Balaban J connectivity index is 1.62. The van der Waals surface area contributed by atoms with Crippen LogP contribution in [0.5, 0.6) is 0 Å². The van der Waals surface area contributed by atoms with Gasteiger partial charge in [-0.2, -0.15) is 0 Å². The van der Waals surface area contributed by atoms with Crippen LogP contribution >= 0.6 is 11.3 Å². The minimum absolute atomic E-state index is 0.0110. The quantitative estimate of drug-likeness (QED) is 0.374. The Bertz CT molecular complexity index is 1370. The van der Waals surface area contributed by atoms with E-state index < -0.39 is 5.97 Å². The van der Waals surface area contributed by atoms with Gasteiger partial charge >= 0.3 is 5.97 Å². The predicted molar refractivity (Wildman–Crippen MR) is 133 cm³/mol. The number of carbonyl (C=O) groups is 3. The summed E-state index contributed by atoms with van der Waals surface area (Å²) in [6.45, 7) is 5.39. The Morgan fingerprint density at radius 2 is 1.71 bits per heavy atom. The minimum Gasteiger partial charge on any atom is -0.462 e. The van der Waals surface area contributed by atoms with Gasteiger partial charge in [0.2, 0.25) is 5.91 Å². The van der Waals surface area contributed by atoms with Gasteiger partial charge in [0.05, 0.1) is 28.1 Å². The van der Waals surface area contributed by atoms with Crippen molar-refractivity contribution in [1.29, 1.82) is 0 Å². The van der Waals surface area contributed by atoms with Crippen molar-refractivity contribution in [1.82, 2.24) is 9.55 Å². The van der Waals surface area contributed by atoms with Crippen molar-refractivity contribution in [3.8, 4) is 0 Å². The minimum atomic E-state index is -0.588. The Morgan fingerprint density at radius 3 is 2.44 bits per heavy atom. The first-order valence-corrected chi connectivity index (χ1v) is 11.6. The molecule has 4 rings (SSSR count). The van der Waals surface area contributed by atoms with E-state index in [1.54, 1.807) is 30.5 Å². The van der Waals surface area contributed by atoms with Gasteiger partial charge in [-0.1, -0.05) is 30.3 Å². The van der Waals surface area contributed by atoms with E-state index >= 15 is 0 Å². The highest BCUT2D eigenvalue weighted by molar-refractivity contribution is 7.18. The van der Waals surface area contributed by atoms with Crippen molar-refractivity contribution < 1.29 is 19.1 Å². The van der Waals surface area contributed by atoms with Gasteiger partial charge in [0.15, 0.2) is 0 Å². The number of aromatic nitrogens is 2. The van der Waals surface area contributed by atoms with E-state index in [0.29, 0.717) is 22.0 Å². The van der Waals surface area contributed by atoms with Gasteiger partial charge in [0, 0.05) is 5.69 Å². The highest BCUT2D eigenvalue weighted by atomic mass is 32.1. The van der Waals surface area contributed by atoms with Crippen LogP contribution in [-0.4, -0.2) is 33.9 Å². The van der Waals surface area contributed by atoms with Gasteiger partial charge in [-0.25, -0.2) is 9.78 Å². The molecule has 0 atom stereocenters. The second-order valence-corrected chi connectivity index (χ2v) is 8.60. The average molecular weight is 477 g/mol. The molecule has 4 aromatic rings. The normalized spacial score (nSPS) is 10.8. The zero-order valence-electron chi connectivity index (χ0n) is 19.0. The first-order chi connectivity index (χ1) is 16.4. The van der Waals surface area contributed by atoms with Crippen molar-refractivity contribution in [3.05, 3.63) is 76.4 Å². The van der Waals surface area contributed by atoms with Crippen molar-refractivity contribution in [3.63, 3.8) is 0 Å². The topological polar surface area (TPSA) is 102 Å². The zero-order valence-corrected chi connectivity index (χ0v) is 19.9. The third-order valence-corrected chi connectivity index (χ3v) is 6.47. The number of ether oxygens (including phenoxy) is 1. The molecule has 0 aliphatic heterocycles. The number of carbonyl (C=O) groups excluding carboxylic acids is 3. The lowest BCUT2D eigenvalue weighted by molar-refractivity contribution is -0.116. The van der Waals surface area contributed by atoms with Crippen molar-refractivity contribution >= 4 is 50.8 Å². The van der Waals surface area contributed by atoms with Gasteiger partial charge in [0.25, 0.3) is 5.91 Å². The number of thiophene rings is 1. The number of aryl methyl sites for hydroxylation is 1. The lowest BCUT2D eigenvalue weighted by Crippen LogP contribution is -2.20. The molecule has 2 heterocycles. The van der Waals surface area contributed by atoms with Crippen LogP contribution in [0.15, 0.2) is 54.6 Å². The van der Waals surface area contributed by atoms with E-state index in [0.717, 1.165) is 22.4 Å². The molecule has 2 N–H and O–H groups in total. The molecule has 0 radical (unpaired) electrons. The number of para-hydroxylation sites is 3. The fourth-order valence-corrected chi connectivity index (χ4v) is 4.79. The number of fused-ring (bicyclic) bond motifs is 1. The number of benzene rings is 2. The van der Waals surface area contributed by atoms with Gasteiger partial charge < -0.3 is 19.9 Å². The van der Waals surface area contributed by atoms with Crippen LogP contribution in [0.1, 0.15) is 38.3 Å². The molecule has 9 heteroatoms. The molecule has 2 aromatic heterocycles. The van der Waals surface area contributed by atoms with E-state index in [4.69, 9.17) is 4.74 Å². The third-order valence-electron chi connectivity index (χ3n) is 5.26. The number of hydrogen-bond donors (Lipinski definition) is 2. The monoisotopic (exact) mass is 476 g/mol. The van der Waals surface area contributed by atoms with Gasteiger partial charge in [-0.05, 0) is 50.6 Å². The van der Waals surface area contributed by atoms with E-state index in [-0.39, 0.29) is 35.5 Å². The Morgan fingerprint density at radius 1 is 1.00 bits per heavy atom. The second-order valence-electron chi connectivity index (χ2n) is 7.58. The molecule has 0 bridgehead atoms. The van der Waals surface area contributed by atoms with Crippen LogP contribution in [0.3, 0.4) is 0 Å². The Labute approximate surface area is 200 Å². The van der Waals surface area contributed by atoms with Crippen LogP contribution in [0.2, 0.25) is 0 Å². The molecule has 2 aromatic carbocycles. The largest absolute Gasteiger partial charge is 0.462 e. The van der Waals surface area contributed by atoms with E-state index in [1.807, 2.05) is 49.4 Å². The average Bonchev–Trinajstić information content (AvgIpc) is 3.30. The van der Waals surface area contributed by atoms with Gasteiger partial charge in [-0.15, -0.1) is 11.3 Å². The summed E-state index contributed by atoms with van der Waals surface area (Å²) in [5.41, 5.74) is 2.91. The molecule has 8 nitrogen and oxygen atoms in total. The lowest BCUT2D eigenvalue weighted by atomic mass is 10.1. The number of esters is 1. The van der Waals surface area contributed by atoms with E-state index in [9.17, 15) is 14.4 Å². The summed E-state index contributed by atoms with van der Waals surface area (Å²) >= 11 is 1.05. The molecule has 34 heavy (non-hydrogen) atoms. The highest BCUT2D eigenvalue weighted by Gasteiger charge is 2.27. The number of rotatable bonds is 7. The number of nitrogens with zero attached hydrogens (tertiary/aromatic N) is 2. The SMILES string of the molecule is CCOC(=O)c1c(NC(=O)Cn2c(C)nc3ccccc32)sc(C(=O)Nc2ccccc2)c1C. The molecule has 0 saturated carbocycles. The van der Waals surface area contributed by atoms with Crippen LogP contribution < -0.4 is 10.6 Å². The Hall–Kier alpha value is -3.98. The summed E-state index contributed by atoms with van der Waals surface area (Å²) in [6, 6.07) is 16.6. The predicted octanol–water partition coefficient (Wildman–Crippen LogP) is 4.78. The number of amides is 2. The fourth-order valence-electron chi connectivity index (χ4n) is 3.68. The molecule has 0 aliphatic rings. The van der Waals surface area contributed by atoms with Gasteiger partial charge in [0.1, 0.15) is 17.4 Å². The summed E-state index contributed by atoms with van der Waals surface area (Å²) in [5.74, 6) is -0.592. The number of anilines is 2. The van der Waals surface area contributed by atoms with Crippen molar-refractivity contribution in [2.75, 3.05) is 17.2 Å². The highest BCUT2D eigenvalue weighted by Crippen LogP contribution is 2.34. The fraction of sp³-hybridized carbons (Fsp3) is 0.200. The smallest absolute Gasteiger partial charge is 0.341 e. The first kappa shape index (κ1) is 23.2. The molecular weight excluding hydrogens is 452 g/mol. The molecular formula is C25H24N4O4S. The van der Waals surface area contributed by atoms with Crippen LogP contribution in [0, 0.1) is 13.8 Å². The molecule has 0 fully saturated rings. The molecule has 0 saturated heterocycles. The lowest BCUT2D eigenvalue weighted by Gasteiger charge is -2.09. The molecule has 174 valence electrons. The molecule has 0 unspecified atom stereocenters. The summed E-state index contributed by atoms with van der Waals surface area (Å²) in [7, 11) is 0. The van der Waals surface area contributed by atoms with Crippen molar-refractivity contribution in [2.24, 2.45) is 0 Å². The van der Waals surface area contributed by atoms with Crippen molar-refractivity contribution in [2.45, 2.75) is 27.3 Å². The van der Waals surface area contributed by atoms with Crippen LogP contribution in [0.25, 0.3) is 11.0 Å². The summed E-state index contributed by atoms with van der Waals surface area (Å²) in [6.07, 6.45) is 0. The maximum absolute atomic E-state index is 13.0. The second kappa shape index (κ2) is 9.88. The number of imidazole rings is 1.